The second kappa shape index (κ2) is 10.6. The van der Waals surface area contributed by atoms with Gasteiger partial charge >= 0.3 is 5.97 Å². The van der Waals surface area contributed by atoms with Crippen molar-refractivity contribution >= 4 is 5.97 Å². The lowest BCUT2D eigenvalue weighted by molar-refractivity contribution is -0.132. The summed E-state index contributed by atoms with van der Waals surface area (Å²) in [5.74, 6) is -0.278. The molecule has 16 heavy (non-hydrogen) atoms. The molecule has 96 valence electrons. The molecule has 0 aromatic carbocycles. The Kier molecular flexibility index (Phi) is 11.7. The van der Waals surface area contributed by atoms with E-state index in [1.807, 2.05) is 6.92 Å². The fourth-order valence-corrected chi connectivity index (χ4v) is 0.974. The highest BCUT2D eigenvalue weighted by Crippen LogP contribution is 2.07. The average Bonchev–Trinajstić information content (AvgIpc) is 2.26. The van der Waals surface area contributed by atoms with Crippen LogP contribution in [0.2, 0.25) is 0 Å². The van der Waals surface area contributed by atoms with Gasteiger partial charge in [0, 0.05) is 18.7 Å². The molecule has 4 nitrogen and oxygen atoms in total. The SMILES string of the molecule is C=C(C)C(=O)O.CCC(CC)CN(O)CC. The molecule has 2 N–H and O–H groups in total. The van der Waals surface area contributed by atoms with Crippen molar-refractivity contribution in [2.24, 2.45) is 5.92 Å². The summed E-state index contributed by atoms with van der Waals surface area (Å²) in [6, 6.07) is 0. The lowest BCUT2D eigenvalue weighted by atomic mass is 10.0. The normalized spacial score (nSPS) is 9.94. The van der Waals surface area contributed by atoms with Gasteiger partial charge in [-0.15, -0.1) is 0 Å². The highest BCUT2D eigenvalue weighted by molar-refractivity contribution is 5.84. The van der Waals surface area contributed by atoms with E-state index in [0.29, 0.717) is 5.92 Å². The molecule has 0 aromatic rings. The maximum Gasteiger partial charge on any atom is 0.330 e. The van der Waals surface area contributed by atoms with E-state index in [9.17, 15) is 4.79 Å². The van der Waals surface area contributed by atoms with Gasteiger partial charge in [0.1, 0.15) is 0 Å². The molecule has 0 aliphatic carbocycles. The zero-order chi connectivity index (χ0) is 13.1. The topological polar surface area (TPSA) is 60.8 Å². The van der Waals surface area contributed by atoms with Crippen LogP contribution in [0.4, 0.5) is 0 Å². The van der Waals surface area contributed by atoms with E-state index in [1.165, 1.54) is 12.0 Å². The second-order valence-corrected chi connectivity index (χ2v) is 3.77. The first-order valence-electron chi connectivity index (χ1n) is 5.71. The van der Waals surface area contributed by atoms with Gasteiger partial charge in [-0.2, -0.15) is 5.06 Å². The number of hydroxylamine groups is 2. The minimum absolute atomic E-state index is 0.176. The van der Waals surface area contributed by atoms with E-state index in [2.05, 4.69) is 20.4 Å². The predicted molar refractivity (Wildman–Crippen MR) is 65.6 cm³/mol. The highest BCUT2D eigenvalue weighted by Gasteiger charge is 2.06. The first-order chi connectivity index (χ1) is 7.38. The fourth-order valence-electron chi connectivity index (χ4n) is 0.974. The summed E-state index contributed by atoms with van der Waals surface area (Å²) in [6.45, 7) is 12.4. The summed E-state index contributed by atoms with van der Waals surface area (Å²) in [5.41, 5.74) is 0.176. The van der Waals surface area contributed by atoms with E-state index in [1.54, 1.807) is 0 Å². The summed E-state index contributed by atoms with van der Waals surface area (Å²) < 4.78 is 0. The molecular weight excluding hydrogens is 206 g/mol. The van der Waals surface area contributed by atoms with Gasteiger partial charge in [-0.05, 0) is 12.8 Å². The molecule has 4 heteroatoms. The van der Waals surface area contributed by atoms with Gasteiger partial charge in [0.2, 0.25) is 0 Å². The number of carboxylic acid groups (broad SMARTS) is 1. The van der Waals surface area contributed by atoms with Crippen molar-refractivity contribution in [2.45, 2.75) is 40.5 Å². The van der Waals surface area contributed by atoms with Gasteiger partial charge in [-0.1, -0.05) is 40.2 Å². The van der Waals surface area contributed by atoms with Crippen LogP contribution in [0, 0.1) is 5.92 Å². The van der Waals surface area contributed by atoms with Crippen LogP contribution in [-0.4, -0.2) is 34.4 Å². The second-order valence-electron chi connectivity index (χ2n) is 3.77. The van der Waals surface area contributed by atoms with E-state index < -0.39 is 5.97 Å². The average molecular weight is 231 g/mol. The molecule has 0 unspecified atom stereocenters. The third-order valence-corrected chi connectivity index (χ3v) is 2.35. The Balaban J connectivity index is 0. The number of aliphatic carboxylic acids is 1. The molecule has 0 radical (unpaired) electrons. The van der Waals surface area contributed by atoms with Gasteiger partial charge in [0.05, 0.1) is 0 Å². The summed E-state index contributed by atoms with van der Waals surface area (Å²) in [6.07, 6.45) is 2.32. The molecule has 0 saturated carbocycles. The van der Waals surface area contributed by atoms with E-state index in [-0.39, 0.29) is 5.57 Å². The Morgan fingerprint density at radius 1 is 1.31 bits per heavy atom. The van der Waals surface area contributed by atoms with Crippen LogP contribution in [-0.2, 0) is 4.79 Å². The number of hydrogen-bond acceptors (Lipinski definition) is 3. The summed E-state index contributed by atoms with van der Waals surface area (Å²) >= 11 is 0. The van der Waals surface area contributed by atoms with Gasteiger partial charge in [-0.25, -0.2) is 4.79 Å². The first kappa shape index (κ1) is 17.5. The summed E-state index contributed by atoms with van der Waals surface area (Å²) in [5, 5.41) is 18.4. The van der Waals surface area contributed by atoms with Crippen LogP contribution < -0.4 is 0 Å². The van der Waals surface area contributed by atoms with Crippen LogP contribution in [0.3, 0.4) is 0 Å². The Morgan fingerprint density at radius 3 is 1.88 bits per heavy atom. The van der Waals surface area contributed by atoms with Gasteiger partial charge in [-0.3, -0.25) is 0 Å². The van der Waals surface area contributed by atoms with Gasteiger partial charge < -0.3 is 10.3 Å². The lowest BCUT2D eigenvalue weighted by Crippen LogP contribution is -2.25. The van der Waals surface area contributed by atoms with Crippen LogP contribution in [0.1, 0.15) is 40.5 Å². The molecule has 0 spiro atoms. The molecular formula is C12H25NO3. The van der Waals surface area contributed by atoms with Crippen molar-refractivity contribution in [1.29, 1.82) is 0 Å². The molecule has 0 aliphatic rings. The monoisotopic (exact) mass is 231 g/mol. The van der Waals surface area contributed by atoms with Crippen LogP contribution in [0.25, 0.3) is 0 Å². The minimum Gasteiger partial charge on any atom is -0.478 e. The van der Waals surface area contributed by atoms with Crippen LogP contribution in [0.15, 0.2) is 12.2 Å². The highest BCUT2D eigenvalue weighted by atomic mass is 16.5. The maximum atomic E-state index is 9.60. The van der Waals surface area contributed by atoms with Crippen molar-refractivity contribution in [3.8, 4) is 0 Å². The van der Waals surface area contributed by atoms with Gasteiger partial charge in [0.25, 0.3) is 0 Å². The zero-order valence-corrected chi connectivity index (χ0v) is 10.9. The van der Waals surface area contributed by atoms with Crippen molar-refractivity contribution in [1.82, 2.24) is 5.06 Å². The van der Waals surface area contributed by atoms with E-state index in [4.69, 9.17) is 10.3 Å². The molecule has 0 bridgehead atoms. The number of hydrogen-bond donors (Lipinski definition) is 2. The molecule has 0 fully saturated rings. The lowest BCUT2D eigenvalue weighted by Gasteiger charge is -2.18. The molecule has 0 saturated heterocycles. The summed E-state index contributed by atoms with van der Waals surface area (Å²) in [7, 11) is 0. The maximum absolute atomic E-state index is 9.60. The molecule has 0 aromatic heterocycles. The van der Waals surface area contributed by atoms with Crippen molar-refractivity contribution in [2.75, 3.05) is 13.1 Å². The third kappa shape index (κ3) is 11.2. The largest absolute Gasteiger partial charge is 0.478 e. The molecule has 0 amide bonds. The quantitative estimate of drug-likeness (QED) is 0.545. The number of nitrogens with zero attached hydrogens (tertiary/aromatic N) is 1. The van der Waals surface area contributed by atoms with Crippen molar-refractivity contribution in [3.63, 3.8) is 0 Å². The fraction of sp³-hybridized carbons (Fsp3) is 0.750. The van der Waals surface area contributed by atoms with Crippen LogP contribution >= 0.6 is 0 Å². The molecule has 0 atom stereocenters. The Morgan fingerprint density at radius 2 is 1.69 bits per heavy atom. The smallest absolute Gasteiger partial charge is 0.330 e. The molecule has 0 aliphatic heterocycles. The van der Waals surface area contributed by atoms with Crippen LogP contribution in [0.5, 0.6) is 0 Å². The van der Waals surface area contributed by atoms with Gasteiger partial charge in [0.15, 0.2) is 0 Å². The first-order valence-corrected chi connectivity index (χ1v) is 5.71. The Labute approximate surface area is 98.5 Å². The third-order valence-electron chi connectivity index (χ3n) is 2.35. The standard InChI is InChI=1S/C8H19NO.C4H6O2/c1-4-8(5-2)7-9(10)6-3;1-3(2)4(5)6/h8,10H,4-7H2,1-3H3;1H2,2H3,(H,5,6). The minimum atomic E-state index is -0.935. The Hall–Kier alpha value is -0.870. The van der Waals surface area contributed by atoms with Crippen molar-refractivity contribution in [3.05, 3.63) is 12.2 Å². The zero-order valence-electron chi connectivity index (χ0n) is 10.9. The molecule has 0 rings (SSSR count). The van der Waals surface area contributed by atoms with E-state index in [0.717, 1.165) is 25.9 Å². The Bertz CT molecular complexity index is 188. The number of rotatable bonds is 6. The van der Waals surface area contributed by atoms with E-state index >= 15 is 0 Å². The number of carbonyl (C=O) groups is 1. The van der Waals surface area contributed by atoms with Crippen molar-refractivity contribution < 1.29 is 15.1 Å². The molecule has 0 heterocycles. The predicted octanol–water partition coefficient (Wildman–Crippen LogP) is 2.78. The number of carboxylic acids is 1. The summed E-state index contributed by atoms with van der Waals surface area (Å²) in [4.78, 5) is 9.60.